The molecule has 128 valence electrons. The third-order valence-corrected chi connectivity index (χ3v) is 5.12. The van der Waals surface area contributed by atoms with Gasteiger partial charge in [-0.15, -0.1) is 0 Å². The molecule has 1 aliphatic heterocycles. The Bertz CT molecular complexity index is 905. The molecule has 0 spiro atoms. The second kappa shape index (κ2) is 7.12. The number of benzene rings is 2. The van der Waals surface area contributed by atoms with Gasteiger partial charge in [0.2, 0.25) is 0 Å². The summed E-state index contributed by atoms with van der Waals surface area (Å²) in [6.07, 6.45) is 1.82. The van der Waals surface area contributed by atoms with Gasteiger partial charge in [0.1, 0.15) is 0 Å². The minimum absolute atomic E-state index is 0.00187. The first-order chi connectivity index (χ1) is 12.2. The van der Waals surface area contributed by atoms with E-state index in [0.717, 1.165) is 39.6 Å². The third-order valence-electron chi connectivity index (χ3n) is 4.63. The summed E-state index contributed by atoms with van der Waals surface area (Å²) in [5, 5.41) is 0.990. The third kappa shape index (κ3) is 3.54. The second-order valence-electron chi connectivity index (χ2n) is 6.32. The van der Waals surface area contributed by atoms with Crippen molar-refractivity contribution in [1.82, 2.24) is 9.88 Å². The molecule has 5 heteroatoms. The molecule has 4 nitrogen and oxygen atoms in total. The van der Waals surface area contributed by atoms with Crippen molar-refractivity contribution in [2.24, 2.45) is 0 Å². The Labute approximate surface area is 154 Å². The fourth-order valence-corrected chi connectivity index (χ4v) is 3.76. The number of nitrogens with one attached hydrogen (secondary N) is 1. The van der Waals surface area contributed by atoms with Crippen LogP contribution in [-0.4, -0.2) is 41.9 Å². The van der Waals surface area contributed by atoms with E-state index >= 15 is 0 Å². The largest absolute Gasteiger partial charge is 0.371 e. The van der Waals surface area contributed by atoms with Crippen LogP contribution >= 0.6 is 15.9 Å². The Morgan fingerprint density at radius 1 is 1.24 bits per heavy atom. The predicted octanol–water partition coefficient (Wildman–Crippen LogP) is 4.19. The van der Waals surface area contributed by atoms with Gasteiger partial charge in [-0.3, -0.25) is 9.69 Å². The van der Waals surface area contributed by atoms with Crippen LogP contribution < -0.4 is 0 Å². The lowest BCUT2D eigenvalue weighted by molar-refractivity contribution is -0.0275. The molecule has 1 fully saturated rings. The highest BCUT2D eigenvalue weighted by molar-refractivity contribution is 9.10. The summed E-state index contributed by atoms with van der Waals surface area (Å²) in [7, 11) is 0. The van der Waals surface area contributed by atoms with Crippen LogP contribution in [0.1, 0.15) is 22.0 Å². The van der Waals surface area contributed by atoms with E-state index in [4.69, 9.17) is 4.74 Å². The summed E-state index contributed by atoms with van der Waals surface area (Å²) in [5.74, 6) is 0.146. The minimum atomic E-state index is 0.00187. The first-order valence-electron chi connectivity index (χ1n) is 8.39. The van der Waals surface area contributed by atoms with E-state index in [-0.39, 0.29) is 11.9 Å². The predicted molar refractivity (Wildman–Crippen MR) is 102 cm³/mol. The maximum Gasteiger partial charge on any atom is 0.178 e. The molecule has 2 heterocycles. The number of ketones is 1. The number of morpholine rings is 1. The summed E-state index contributed by atoms with van der Waals surface area (Å²) >= 11 is 3.51. The zero-order valence-corrected chi connectivity index (χ0v) is 15.3. The van der Waals surface area contributed by atoms with E-state index in [9.17, 15) is 4.79 Å². The van der Waals surface area contributed by atoms with Gasteiger partial charge in [-0.1, -0.05) is 46.3 Å². The topological polar surface area (TPSA) is 45.3 Å². The van der Waals surface area contributed by atoms with Crippen molar-refractivity contribution in [3.8, 4) is 0 Å². The molecule has 1 aromatic heterocycles. The first kappa shape index (κ1) is 16.5. The van der Waals surface area contributed by atoms with Gasteiger partial charge < -0.3 is 9.72 Å². The smallest absolute Gasteiger partial charge is 0.178 e. The number of aromatic nitrogens is 1. The molecule has 0 radical (unpaired) electrons. The number of hydrogen-bond donors (Lipinski definition) is 1. The molecule has 0 bridgehead atoms. The molecule has 0 saturated carbocycles. The number of carbonyl (C=O) groups excluding carboxylic acids is 1. The molecule has 1 aliphatic rings. The SMILES string of the molecule is O=C(CN1CCOC(c2cccc(Br)c2)C1)c1c[nH]c2ccccc12. The van der Waals surface area contributed by atoms with E-state index < -0.39 is 0 Å². The van der Waals surface area contributed by atoms with Crippen LogP contribution in [0.2, 0.25) is 0 Å². The monoisotopic (exact) mass is 398 g/mol. The molecule has 25 heavy (non-hydrogen) atoms. The standard InChI is InChI=1S/C20H19BrN2O2/c21-15-5-3-4-14(10-15)20-13-23(8-9-25-20)12-19(24)17-11-22-18-7-2-1-6-16(17)18/h1-7,10-11,20,22H,8-9,12-13H2. The van der Waals surface area contributed by atoms with Crippen LogP contribution in [0.3, 0.4) is 0 Å². The summed E-state index contributed by atoms with van der Waals surface area (Å²) in [6, 6.07) is 16.1. The van der Waals surface area contributed by atoms with Gasteiger partial charge in [-0.25, -0.2) is 0 Å². The Hall–Kier alpha value is -1.95. The molecule has 3 aromatic rings. The second-order valence-corrected chi connectivity index (χ2v) is 7.24. The van der Waals surface area contributed by atoms with Crippen molar-refractivity contribution in [2.75, 3.05) is 26.2 Å². The van der Waals surface area contributed by atoms with Crippen molar-refractivity contribution < 1.29 is 9.53 Å². The zero-order valence-electron chi connectivity index (χ0n) is 13.7. The number of H-pyrrole nitrogens is 1. The van der Waals surface area contributed by atoms with E-state index in [1.54, 1.807) is 0 Å². The van der Waals surface area contributed by atoms with Crippen LogP contribution in [-0.2, 0) is 4.74 Å². The van der Waals surface area contributed by atoms with Gasteiger partial charge in [-0.2, -0.15) is 0 Å². The van der Waals surface area contributed by atoms with Crippen LogP contribution in [0.5, 0.6) is 0 Å². The van der Waals surface area contributed by atoms with Crippen LogP contribution in [0.15, 0.2) is 59.2 Å². The quantitative estimate of drug-likeness (QED) is 0.670. The number of aromatic amines is 1. The minimum Gasteiger partial charge on any atom is -0.371 e. The number of para-hydroxylation sites is 1. The Morgan fingerprint density at radius 2 is 2.12 bits per heavy atom. The van der Waals surface area contributed by atoms with Crippen LogP contribution in [0.25, 0.3) is 10.9 Å². The van der Waals surface area contributed by atoms with Crippen LogP contribution in [0.4, 0.5) is 0 Å². The molecular formula is C20H19BrN2O2. The summed E-state index contributed by atoms with van der Waals surface area (Å²) in [4.78, 5) is 18.1. The van der Waals surface area contributed by atoms with Gasteiger partial charge in [0.25, 0.3) is 0 Å². The summed E-state index contributed by atoms with van der Waals surface area (Å²) in [5.41, 5.74) is 2.90. The Morgan fingerprint density at radius 3 is 3.00 bits per heavy atom. The van der Waals surface area contributed by atoms with Gasteiger partial charge in [0.15, 0.2) is 5.78 Å². The van der Waals surface area contributed by atoms with Crippen LogP contribution in [0, 0.1) is 0 Å². The van der Waals surface area contributed by atoms with Crippen molar-refractivity contribution in [3.05, 3.63) is 70.3 Å². The van der Waals surface area contributed by atoms with E-state index in [0.29, 0.717) is 13.2 Å². The lowest BCUT2D eigenvalue weighted by atomic mass is 10.1. The van der Waals surface area contributed by atoms with Gasteiger partial charge in [0.05, 0.1) is 19.3 Å². The molecule has 1 N–H and O–H groups in total. The van der Waals surface area contributed by atoms with E-state index in [1.165, 1.54) is 0 Å². The maximum atomic E-state index is 12.8. The normalized spacial score (nSPS) is 18.5. The fraction of sp³-hybridized carbons (Fsp3) is 0.250. The van der Waals surface area contributed by atoms with E-state index in [2.05, 4.69) is 37.9 Å². The van der Waals surface area contributed by atoms with Crippen molar-refractivity contribution in [3.63, 3.8) is 0 Å². The molecule has 2 aromatic carbocycles. The number of halogens is 1. The van der Waals surface area contributed by atoms with Crippen molar-refractivity contribution in [2.45, 2.75) is 6.10 Å². The number of fused-ring (bicyclic) bond motifs is 1. The number of hydrogen-bond acceptors (Lipinski definition) is 3. The number of nitrogens with zero attached hydrogens (tertiary/aromatic N) is 1. The molecule has 4 rings (SSSR count). The Balaban J connectivity index is 1.48. The Kier molecular flexibility index (Phi) is 4.70. The number of ether oxygens (including phenoxy) is 1. The highest BCUT2D eigenvalue weighted by atomic mass is 79.9. The summed E-state index contributed by atoms with van der Waals surface area (Å²) < 4.78 is 6.95. The molecule has 1 unspecified atom stereocenters. The zero-order chi connectivity index (χ0) is 17.2. The summed E-state index contributed by atoms with van der Waals surface area (Å²) in [6.45, 7) is 2.55. The first-order valence-corrected chi connectivity index (χ1v) is 9.19. The molecule has 1 saturated heterocycles. The molecule has 0 amide bonds. The number of Topliss-reactive ketones (excluding diaryl/α,β-unsaturated/α-hetero) is 1. The lowest BCUT2D eigenvalue weighted by Crippen LogP contribution is -2.41. The average Bonchev–Trinajstić information content (AvgIpc) is 3.06. The average molecular weight is 399 g/mol. The molecule has 1 atom stereocenters. The fourth-order valence-electron chi connectivity index (χ4n) is 3.35. The highest BCUT2D eigenvalue weighted by Crippen LogP contribution is 2.25. The lowest BCUT2D eigenvalue weighted by Gasteiger charge is -2.32. The molecule has 0 aliphatic carbocycles. The van der Waals surface area contributed by atoms with Gasteiger partial charge in [-0.05, 0) is 23.8 Å². The molecular weight excluding hydrogens is 380 g/mol. The van der Waals surface area contributed by atoms with Crippen molar-refractivity contribution in [1.29, 1.82) is 0 Å². The van der Waals surface area contributed by atoms with Gasteiger partial charge in [0, 0.05) is 40.2 Å². The van der Waals surface area contributed by atoms with Crippen molar-refractivity contribution >= 4 is 32.6 Å². The maximum absolute atomic E-state index is 12.8. The van der Waals surface area contributed by atoms with Gasteiger partial charge >= 0.3 is 0 Å². The highest BCUT2D eigenvalue weighted by Gasteiger charge is 2.24. The number of rotatable bonds is 4. The van der Waals surface area contributed by atoms with E-state index in [1.807, 2.05) is 42.6 Å². The number of carbonyl (C=O) groups is 1.